The van der Waals surface area contributed by atoms with Crippen molar-refractivity contribution < 1.29 is 29.0 Å². The Kier molecular flexibility index (Phi) is 8.37. The maximum atomic E-state index is 14.4. The number of carbonyl (C=O) groups is 3. The molecule has 198 valence electrons. The van der Waals surface area contributed by atoms with Crippen LogP contribution in [0.2, 0.25) is 0 Å². The molecule has 0 radical (unpaired) electrons. The van der Waals surface area contributed by atoms with Crippen LogP contribution in [0.15, 0.2) is 12.7 Å². The van der Waals surface area contributed by atoms with Crippen molar-refractivity contribution in [2.45, 2.75) is 103 Å². The Morgan fingerprint density at radius 1 is 1.31 bits per heavy atom. The molecular weight excluding hydrogens is 448 g/mol. The Balaban J connectivity index is 2.16. The Morgan fingerprint density at radius 3 is 2.54 bits per heavy atom. The van der Waals surface area contributed by atoms with E-state index in [9.17, 15) is 19.5 Å². The minimum Gasteiger partial charge on any atom is -0.466 e. The van der Waals surface area contributed by atoms with Gasteiger partial charge in [0.15, 0.2) is 0 Å². The molecule has 0 saturated carbocycles. The van der Waals surface area contributed by atoms with Gasteiger partial charge >= 0.3 is 5.97 Å². The van der Waals surface area contributed by atoms with Crippen molar-refractivity contribution in [1.82, 2.24) is 9.80 Å². The van der Waals surface area contributed by atoms with Gasteiger partial charge in [-0.3, -0.25) is 14.4 Å². The van der Waals surface area contributed by atoms with Crippen LogP contribution in [-0.2, 0) is 23.9 Å². The number of carbonyl (C=O) groups excluding carboxylic acids is 3. The van der Waals surface area contributed by atoms with Crippen molar-refractivity contribution in [1.29, 1.82) is 0 Å². The summed E-state index contributed by atoms with van der Waals surface area (Å²) in [5.41, 5.74) is -1.98. The molecule has 1 spiro atoms. The van der Waals surface area contributed by atoms with Crippen LogP contribution in [0, 0.1) is 17.8 Å². The molecule has 0 aromatic heterocycles. The van der Waals surface area contributed by atoms with E-state index in [2.05, 4.69) is 13.5 Å². The Bertz CT molecular complexity index is 832. The molecule has 8 nitrogen and oxygen atoms in total. The molecule has 3 heterocycles. The van der Waals surface area contributed by atoms with Crippen molar-refractivity contribution in [2.75, 3.05) is 19.8 Å². The van der Waals surface area contributed by atoms with Crippen LogP contribution in [0.4, 0.5) is 0 Å². The van der Waals surface area contributed by atoms with Crippen molar-refractivity contribution in [3.05, 3.63) is 12.7 Å². The van der Waals surface area contributed by atoms with E-state index in [0.29, 0.717) is 19.4 Å². The molecule has 0 aromatic carbocycles. The lowest BCUT2D eigenvalue weighted by molar-refractivity contribution is -0.162. The molecule has 3 fully saturated rings. The fourth-order valence-corrected chi connectivity index (χ4v) is 6.76. The number of rotatable bonds is 12. The van der Waals surface area contributed by atoms with E-state index in [0.717, 1.165) is 19.3 Å². The van der Waals surface area contributed by atoms with Crippen molar-refractivity contribution >= 4 is 17.8 Å². The Labute approximate surface area is 210 Å². The van der Waals surface area contributed by atoms with E-state index in [-0.39, 0.29) is 37.0 Å². The van der Waals surface area contributed by atoms with Gasteiger partial charge in [-0.1, -0.05) is 39.7 Å². The number of esters is 1. The lowest BCUT2D eigenvalue weighted by atomic mass is 9.66. The highest BCUT2D eigenvalue weighted by Crippen LogP contribution is 2.64. The summed E-state index contributed by atoms with van der Waals surface area (Å²) in [7, 11) is 0. The zero-order chi connectivity index (χ0) is 26.1. The summed E-state index contributed by atoms with van der Waals surface area (Å²) in [4.78, 5) is 45.0. The molecule has 3 saturated heterocycles. The van der Waals surface area contributed by atoms with Crippen LogP contribution in [-0.4, -0.2) is 81.8 Å². The number of aliphatic hydroxyl groups is 1. The van der Waals surface area contributed by atoms with Crippen LogP contribution in [0.5, 0.6) is 0 Å². The molecule has 3 rings (SSSR count). The molecule has 3 unspecified atom stereocenters. The number of likely N-dealkylation sites (tertiary alicyclic amines) is 1. The van der Waals surface area contributed by atoms with Gasteiger partial charge in [0.05, 0.1) is 30.8 Å². The second kappa shape index (κ2) is 10.6. The highest BCUT2D eigenvalue weighted by atomic mass is 16.6. The predicted octanol–water partition coefficient (Wildman–Crippen LogP) is 2.92. The molecule has 2 bridgehead atoms. The lowest BCUT2D eigenvalue weighted by Gasteiger charge is -2.42. The highest BCUT2D eigenvalue weighted by Gasteiger charge is 2.79. The summed E-state index contributed by atoms with van der Waals surface area (Å²) < 4.78 is 12.0. The smallest absolute Gasteiger partial charge is 0.312 e. The van der Waals surface area contributed by atoms with Gasteiger partial charge in [0.25, 0.3) is 0 Å². The van der Waals surface area contributed by atoms with E-state index in [1.807, 2.05) is 27.7 Å². The first-order valence-corrected chi connectivity index (χ1v) is 13.3. The van der Waals surface area contributed by atoms with Gasteiger partial charge < -0.3 is 24.4 Å². The van der Waals surface area contributed by atoms with Gasteiger partial charge in [-0.25, -0.2) is 0 Å². The standard InChI is InChI=1S/C27H44N2O6/c1-8-12-18(6)28(15-9-2)24(32)22-27-14-13-26(7,35-27)21(25(33)34-11-4)20(27)23(31)29(22)19(16-30)17(5)10-3/h9,17-22,30H,2,8,10-16H2,1,3-7H3/t17-,18?,19-,20-,21-,22?,26+,27?/m0/s1. The molecule has 35 heavy (non-hydrogen) atoms. The van der Waals surface area contributed by atoms with E-state index >= 15 is 0 Å². The first-order chi connectivity index (χ1) is 16.6. The van der Waals surface area contributed by atoms with Gasteiger partial charge in [0.2, 0.25) is 11.8 Å². The summed E-state index contributed by atoms with van der Waals surface area (Å²) >= 11 is 0. The van der Waals surface area contributed by atoms with E-state index in [1.54, 1.807) is 22.8 Å². The van der Waals surface area contributed by atoms with E-state index in [4.69, 9.17) is 9.47 Å². The fraction of sp³-hybridized carbons (Fsp3) is 0.815. The minimum absolute atomic E-state index is 0.0378. The summed E-state index contributed by atoms with van der Waals surface area (Å²) in [5.74, 6) is -2.55. The first-order valence-electron chi connectivity index (χ1n) is 13.3. The largest absolute Gasteiger partial charge is 0.466 e. The summed E-state index contributed by atoms with van der Waals surface area (Å²) in [6.07, 6.45) is 5.23. The van der Waals surface area contributed by atoms with Crippen LogP contribution in [0.1, 0.15) is 73.6 Å². The molecule has 2 amide bonds. The van der Waals surface area contributed by atoms with Gasteiger partial charge in [0.1, 0.15) is 17.6 Å². The third kappa shape index (κ3) is 4.31. The van der Waals surface area contributed by atoms with E-state index < -0.39 is 41.1 Å². The number of aliphatic hydroxyl groups excluding tert-OH is 1. The third-order valence-electron chi connectivity index (χ3n) is 8.68. The number of amides is 2. The highest BCUT2D eigenvalue weighted by molar-refractivity contribution is 5.98. The summed E-state index contributed by atoms with van der Waals surface area (Å²) in [6, 6.07) is -1.51. The molecule has 3 aliphatic rings. The van der Waals surface area contributed by atoms with Gasteiger partial charge in [-0.05, 0) is 46.0 Å². The second-order valence-electron chi connectivity index (χ2n) is 10.8. The number of ether oxygens (including phenoxy) is 2. The number of hydrogen-bond acceptors (Lipinski definition) is 6. The molecular formula is C27H44N2O6. The summed E-state index contributed by atoms with van der Waals surface area (Å²) in [6.45, 7) is 15.8. The molecule has 1 N–H and O–H groups in total. The average Bonchev–Trinajstić information content (AvgIpc) is 3.39. The number of fused-ring (bicyclic) bond motifs is 1. The normalized spacial score (nSPS) is 33.9. The Morgan fingerprint density at radius 2 is 2.00 bits per heavy atom. The molecule has 0 aliphatic carbocycles. The van der Waals surface area contributed by atoms with Crippen molar-refractivity contribution in [3.63, 3.8) is 0 Å². The molecule has 3 aliphatic heterocycles. The number of hydrogen-bond donors (Lipinski definition) is 1. The molecule has 8 heteroatoms. The van der Waals surface area contributed by atoms with Crippen LogP contribution in [0.3, 0.4) is 0 Å². The van der Waals surface area contributed by atoms with E-state index in [1.165, 1.54) is 0 Å². The van der Waals surface area contributed by atoms with Gasteiger partial charge in [-0.2, -0.15) is 0 Å². The van der Waals surface area contributed by atoms with Crippen molar-refractivity contribution in [3.8, 4) is 0 Å². The SMILES string of the molecule is C=CCN(C(=O)C1N([C@@H](CO)[C@@H](C)CC)C(=O)[C@@H]2[C@@H](C(=O)OCC)[C@@]3(C)CCC12O3)C(C)CCC. The van der Waals surface area contributed by atoms with Crippen LogP contribution in [0.25, 0.3) is 0 Å². The van der Waals surface area contributed by atoms with Gasteiger partial charge in [0, 0.05) is 12.6 Å². The first kappa shape index (κ1) is 27.7. The maximum absolute atomic E-state index is 14.4. The molecule has 8 atom stereocenters. The van der Waals surface area contributed by atoms with Crippen LogP contribution >= 0.6 is 0 Å². The third-order valence-corrected chi connectivity index (χ3v) is 8.68. The maximum Gasteiger partial charge on any atom is 0.312 e. The fourth-order valence-electron chi connectivity index (χ4n) is 6.76. The predicted molar refractivity (Wildman–Crippen MR) is 132 cm³/mol. The molecule has 0 aromatic rings. The zero-order valence-electron chi connectivity index (χ0n) is 22.3. The topological polar surface area (TPSA) is 96.4 Å². The van der Waals surface area contributed by atoms with Crippen LogP contribution < -0.4 is 0 Å². The Hall–Kier alpha value is -1.93. The van der Waals surface area contributed by atoms with Gasteiger partial charge in [-0.15, -0.1) is 6.58 Å². The second-order valence-corrected chi connectivity index (χ2v) is 10.8. The lowest BCUT2D eigenvalue weighted by Crippen LogP contribution is -2.61. The zero-order valence-corrected chi connectivity index (χ0v) is 22.3. The monoisotopic (exact) mass is 492 g/mol. The quantitative estimate of drug-likeness (QED) is 0.332. The average molecular weight is 493 g/mol. The number of nitrogens with zero attached hydrogens (tertiary/aromatic N) is 2. The summed E-state index contributed by atoms with van der Waals surface area (Å²) in [5, 5.41) is 10.4. The van der Waals surface area contributed by atoms with Crippen molar-refractivity contribution in [2.24, 2.45) is 17.8 Å². The minimum atomic E-state index is -1.12.